The average molecular weight is 989 g/mol. The molecule has 18 nitrogen and oxygen atoms in total. The van der Waals surface area contributed by atoms with Gasteiger partial charge in [-0.2, -0.15) is 8.42 Å². The van der Waals surface area contributed by atoms with Gasteiger partial charge in [0.15, 0.2) is 18.0 Å². The molecule has 3 fully saturated rings. The van der Waals surface area contributed by atoms with Gasteiger partial charge in [0.05, 0.1) is 17.6 Å². The van der Waals surface area contributed by atoms with Crippen LogP contribution in [-0.2, 0) is 59.4 Å². The zero-order valence-electron chi connectivity index (χ0n) is 40.1. The Balaban J connectivity index is 0.000000467. The van der Waals surface area contributed by atoms with Gasteiger partial charge in [0.25, 0.3) is 0 Å². The largest absolute Gasteiger partial charge is 0.508 e. The Labute approximate surface area is 398 Å². The molecule has 1 aromatic carbocycles. The molecule has 0 heterocycles. The van der Waals surface area contributed by atoms with Gasteiger partial charge < -0.3 is 40.3 Å². The highest BCUT2D eigenvalue weighted by atomic mass is 35.5. The van der Waals surface area contributed by atoms with Crippen molar-refractivity contribution < 1.29 is 80.9 Å². The van der Waals surface area contributed by atoms with Crippen LogP contribution in [-0.4, -0.2) is 109 Å². The summed E-state index contributed by atoms with van der Waals surface area (Å²) in [6.07, 6.45) is 4.22. The standard InChI is InChI=1S/C28H37ClO10S.C13H21NO3.2C3H6O2/c1-6-23(32)37-15-21(31)28(38-24(33)7-2)16(3)12-20-19-9-8-17-13-18(30)10-11-25(17,4)27(19,29)22(14-26(20,28)5)39-40(34,35)36;1-13(2,3)14-7-12(17)9-4-5-11(16)10(6-9)8-15;2*1-2-3(4)5/h10-11,13,16,19-20,22H,6-9,12,14-15H2,1-5H3,(H,34,35,36);4-6,12,14-17H,7-8H2,1-3H3;2*2H2,1H3,(H,4,5)/t16-,19-,20-,22-,25-,26-,27?,28-;;;/m0.../s1. The summed E-state index contributed by atoms with van der Waals surface area (Å²) in [5.74, 6) is -4.82. The number of β-amino-alcohol motifs (C(OH)–C–C–N with tert-alkyl or cyclic N) is 1. The van der Waals surface area contributed by atoms with E-state index in [9.17, 15) is 52.0 Å². The Morgan fingerprint density at radius 2 is 1.52 bits per heavy atom. The Morgan fingerprint density at radius 3 is 2.01 bits per heavy atom. The number of carbonyl (C=O) groups is 6. The summed E-state index contributed by atoms with van der Waals surface area (Å²) in [6.45, 7) is 17.4. The Hall–Kier alpha value is -4.24. The molecule has 5 rings (SSSR count). The lowest BCUT2D eigenvalue weighted by molar-refractivity contribution is -0.202. The van der Waals surface area contributed by atoms with Crippen molar-refractivity contribution >= 4 is 57.4 Å². The summed E-state index contributed by atoms with van der Waals surface area (Å²) in [5.41, 5.74) is -2.18. The number of carboxylic acids is 2. The van der Waals surface area contributed by atoms with Crippen LogP contribution in [0.4, 0.5) is 0 Å². The van der Waals surface area contributed by atoms with E-state index in [-0.39, 0.29) is 61.7 Å². The molecule has 0 bridgehead atoms. The number of hydrogen-bond acceptors (Lipinski definition) is 15. The third-order valence-corrected chi connectivity index (χ3v) is 14.5. The molecule has 4 aliphatic rings. The fourth-order valence-corrected chi connectivity index (χ4v) is 10.8. The van der Waals surface area contributed by atoms with Gasteiger partial charge in [0.1, 0.15) is 11.9 Å². The number of phenols is 1. The molecule has 3 saturated carbocycles. The number of halogens is 1. The number of carbonyl (C=O) groups excluding carboxylic acids is 4. The molecule has 0 spiro atoms. The van der Waals surface area contributed by atoms with Crippen LogP contribution in [0.3, 0.4) is 0 Å². The first-order valence-corrected chi connectivity index (χ1v) is 24.1. The predicted octanol–water partition coefficient (Wildman–Crippen LogP) is 6.18. The van der Waals surface area contributed by atoms with Crippen molar-refractivity contribution in [2.24, 2.45) is 28.6 Å². The third kappa shape index (κ3) is 13.9. The van der Waals surface area contributed by atoms with Gasteiger partial charge in [0.2, 0.25) is 5.78 Å². The zero-order chi connectivity index (χ0) is 51.5. The maximum atomic E-state index is 14.0. The second-order valence-corrected chi connectivity index (χ2v) is 20.3. The van der Waals surface area contributed by atoms with Gasteiger partial charge in [0, 0.05) is 60.1 Å². The van der Waals surface area contributed by atoms with E-state index in [1.54, 1.807) is 59.8 Å². The zero-order valence-corrected chi connectivity index (χ0v) is 41.7. The van der Waals surface area contributed by atoms with Crippen molar-refractivity contribution in [3.8, 4) is 5.75 Å². The molecule has 20 heteroatoms. The number of ketones is 2. The number of esters is 2. The highest BCUT2D eigenvalue weighted by molar-refractivity contribution is 7.80. The van der Waals surface area contributed by atoms with Crippen molar-refractivity contribution in [2.75, 3.05) is 13.2 Å². The Morgan fingerprint density at radius 1 is 0.955 bits per heavy atom. The lowest BCUT2D eigenvalue weighted by atomic mass is 9.45. The summed E-state index contributed by atoms with van der Waals surface area (Å²) in [5, 5.41) is 47.1. The van der Waals surface area contributed by atoms with Crippen molar-refractivity contribution in [3.63, 3.8) is 0 Å². The summed E-state index contributed by atoms with van der Waals surface area (Å²) < 4.78 is 50.8. The van der Waals surface area contributed by atoms with E-state index in [0.717, 1.165) is 5.57 Å². The molecule has 378 valence electrons. The van der Waals surface area contributed by atoms with E-state index in [1.807, 2.05) is 27.7 Å². The number of aliphatic hydroxyl groups excluding tert-OH is 2. The molecule has 0 aliphatic heterocycles. The summed E-state index contributed by atoms with van der Waals surface area (Å²) >= 11 is 7.55. The average Bonchev–Trinajstić information content (AvgIpc) is 3.47. The van der Waals surface area contributed by atoms with E-state index in [1.165, 1.54) is 18.2 Å². The number of allylic oxidation sites excluding steroid dienone is 4. The molecule has 0 amide bonds. The van der Waals surface area contributed by atoms with Crippen molar-refractivity contribution in [3.05, 3.63) is 53.1 Å². The van der Waals surface area contributed by atoms with Crippen molar-refractivity contribution in [2.45, 2.75) is 155 Å². The van der Waals surface area contributed by atoms with Crippen LogP contribution in [0, 0.1) is 28.6 Å². The maximum Gasteiger partial charge on any atom is 0.397 e. The van der Waals surface area contributed by atoms with E-state index >= 15 is 0 Å². The number of carboxylic acid groups (broad SMARTS) is 2. The fraction of sp³-hybridized carbons (Fsp3) is 0.660. The molecule has 0 saturated heterocycles. The fourth-order valence-electron chi connectivity index (χ4n) is 9.68. The van der Waals surface area contributed by atoms with Crippen LogP contribution in [0.1, 0.15) is 138 Å². The SMILES string of the molecule is CC(C)(C)NCC(O)c1ccc(O)c(CO)c1.CCC(=O)O.CCC(=O)O.CCC(=O)OCC(=O)[C@@]1(OC(=O)CC)[C@@H](C)C[C@H]2[C@@H]3CCC4=CC(=O)C=C[C@]4(C)C3(Cl)[C@@H](OS(=O)(=O)O)C[C@@]21C. The highest BCUT2D eigenvalue weighted by Gasteiger charge is 2.77. The lowest BCUT2D eigenvalue weighted by Gasteiger charge is -2.64. The number of hydrogen-bond donors (Lipinski definition) is 7. The first-order valence-electron chi connectivity index (χ1n) is 22.4. The minimum atomic E-state index is -5.02. The first kappa shape index (κ1) is 58.9. The van der Waals surface area contributed by atoms with Crippen molar-refractivity contribution in [1.82, 2.24) is 5.32 Å². The predicted molar refractivity (Wildman–Crippen MR) is 246 cm³/mol. The number of nitrogens with one attached hydrogen (secondary N) is 1. The quantitative estimate of drug-likeness (QED) is 0.0622. The number of fused-ring (bicyclic) bond motifs is 5. The number of aromatic hydroxyl groups is 1. The van der Waals surface area contributed by atoms with Crippen LogP contribution in [0.25, 0.3) is 0 Å². The van der Waals surface area contributed by atoms with Crippen LogP contribution in [0.5, 0.6) is 5.75 Å². The molecule has 9 atom stereocenters. The topological polar surface area (TPSA) is 298 Å². The Bertz CT molecular complexity index is 2120. The van der Waals surface area contributed by atoms with Gasteiger partial charge in [-0.15, -0.1) is 11.6 Å². The number of aliphatic carboxylic acids is 2. The van der Waals surface area contributed by atoms with Gasteiger partial charge in [-0.1, -0.05) is 66.2 Å². The van der Waals surface area contributed by atoms with E-state index in [4.69, 9.17) is 40.6 Å². The first-order chi connectivity index (χ1) is 30.9. The highest BCUT2D eigenvalue weighted by Crippen LogP contribution is 2.72. The van der Waals surface area contributed by atoms with Crippen LogP contribution < -0.4 is 5.32 Å². The molecule has 67 heavy (non-hydrogen) atoms. The second kappa shape index (κ2) is 23.9. The van der Waals surface area contributed by atoms with Gasteiger partial charge in [-0.25, -0.2) is 4.18 Å². The molecular formula is C47H70ClNO17S. The summed E-state index contributed by atoms with van der Waals surface area (Å²) in [6, 6.07) is 4.76. The number of benzene rings is 1. The molecule has 1 aromatic rings. The normalized spacial score (nSPS) is 28.7. The minimum absolute atomic E-state index is 0.0177. The van der Waals surface area contributed by atoms with Gasteiger partial charge in [-0.05, 0) is 88.1 Å². The monoisotopic (exact) mass is 987 g/mol. The van der Waals surface area contributed by atoms with E-state index in [0.29, 0.717) is 36.9 Å². The summed E-state index contributed by atoms with van der Waals surface area (Å²) in [7, 11) is -5.02. The van der Waals surface area contributed by atoms with Crippen LogP contribution in [0.2, 0.25) is 0 Å². The molecule has 2 unspecified atom stereocenters. The third-order valence-electron chi connectivity index (χ3n) is 13.1. The van der Waals surface area contributed by atoms with E-state index in [2.05, 4.69) is 5.32 Å². The number of Topliss-reactive ketones (excluding diaryl/α,β-unsaturated/α-hetero) is 1. The lowest BCUT2D eigenvalue weighted by Crippen LogP contribution is -2.70. The van der Waals surface area contributed by atoms with Gasteiger partial charge in [-0.3, -0.25) is 33.3 Å². The van der Waals surface area contributed by atoms with Gasteiger partial charge >= 0.3 is 34.3 Å². The molecule has 0 radical (unpaired) electrons. The second-order valence-electron chi connectivity index (χ2n) is 18.6. The number of rotatable bonds is 14. The molecular weight excluding hydrogens is 918 g/mol. The molecule has 7 N–H and O–H groups in total. The number of alkyl halides is 1. The maximum absolute atomic E-state index is 14.0. The summed E-state index contributed by atoms with van der Waals surface area (Å²) in [4.78, 5) is 68.3. The van der Waals surface area contributed by atoms with Crippen LogP contribution >= 0.6 is 11.6 Å². The van der Waals surface area contributed by atoms with E-state index < -0.39 is 92.0 Å². The molecule has 0 aromatic heterocycles. The van der Waals surface area contributed by atoms with Crippen LogP contribution in [0.15, 0.2) is 42.0 Å². The smallest absolute Gasteiger partial charge is 0.397 e. The number of ether oxygens (including phenoxy) is 2. The van der Waals surface area contributed by atoms with Crippen molar-refractivity contribution in [1.29, 1.82) is 0 Å². The Kier molecular flexibility index (Phi) is 21.0. The molecule has 4 aliphatic carbocycles. The minimum Gasteiger partial charge on any atom is -0.508 e. The number of aliphatic hydroxyl groups is 2.